The second kappa shape index (κ2) is 5.58. The van der Waals surface area contributed by atoms with Gasteiger partial charge in [0.05, 0.1) is 6.54 Å². The van der Waals surface area contributed by atoms with Crippen LogP contribution in [0.5, 0.6) is 0 Å². The highest BCUT2D eigenvalue weighted by Gasteiger charge is 2.53. The van der Waals surface area contributed by atoms with E-state index in [4.69, 9.17) is 5.11 Å². The first-order valence-corrected chi connectivity index (χ1v) is 7.50. The number of carbonyl (C=O) groups excluding carboxylic acids is 3. The molecule has 2 aliphatic rings. The van der Waals surface area contributed by atoms with Crippen molar-refractivity contribution in [3.05, 3.63) is 0 Å². The van der Waals surface area contributed by atoms with Crippen molar-refractivity contribution in [1.29, 1.82) is 0 Å². The van der Waals surface area contributed by atoms with E-state index in [1.54, 1.807) is 20.8 Å². The summed E-state index contributed by atoms with van der Waals surface area (Å²) in [6.07, 6.45) is -0.0212. The van der Waals surface area contributed by atoms with Gasteiger partial charge in [-0.2, -0.15) is 0 Å². The molecule has 1 saturated heterocycles. The number of amides is 2. The molecule has 2 rings (SSSR count). The second-order valence-corrected chi connectivity index (χ2v) is 7.30. The molecule has 1 heterocycles. The van der Waals surface area contributed by atoms with Crippen LogP contribution in [-0.4, -0.2) is 57.9 Å². The molecule has 8 heteroatoms. The predicted molar refractivity (Wildman–Crippen MR) is 77.2 cm³/mol. The van der Waals surface area contributed by atoms with Crippen molar-refractivity contribution in [3.8, 4) is 0 Å². The highest BCUT2D eigenvalue weighted by Crippen LogP contribution is 2.40. The molecule has 2 amide bonds. The van der Waals surface area contributed by atoms with Crippen molar-refractivity contribution in [1.82, 2.24) is 10.2 Å². The summed E-state index contributed by atoms with van der Waals surface area (Å²) in [5.41, 5.74) is -2.69. The highest BCUT2D eigenvalue weighted by atomic mass is 19.1. The Morgan fingerprint density at radius 2 is 1.91 bits per heavy atom. The van der Waals surface area contributed by atoms with Gasteiger partial charge in [0.2, 0.25) is 5.91 Å². The maximum atomic E-state index is 13.9. The van der Waals surface area contributed by atoms with E-state index in [0.717, 1.165) is 4.90 Å². The lowest BCUT2D eigenvalue weighted by molar-refractivity contribution is -0.151. The molecule has 7 nitrogen and oxygen atoms in total. The number of carboxylic acid groups (broad SMARTS) is 1. The predicted octanol–water partition coefficient (Wildman–Crippen LogP) is 0.274. The average molecular weight is 328 g/mol. The molecule has 1 aliphatic heterocycles. The average Bonchev–Trinajstić information content (AvgIpc) is 3.04. The van der Waals surface area contributed by atoms with Crippen LogP contribution in [0.4, 0.5) is 4.39 Å². The van der Waals surface area contributed by atoms with Crippen LogP contribution in [0.3, 0.4) is 0 Å². The second-order valence-electron chi connectivity index (χ2n) is 7.30. The number of rotatable bonds is 4. The number of Topliss-reactive ketones (excluding diaryl/α,β-unsaturated/α-hetero) is 1. The van der Waals surface area contributed by atoms with Gasteiger partial charge >= 0.3 is 5.97 Å². The van der Waals surface area contributed by atoms with Gasteiger partial charge in [0.1, 0.15) is 12.1 Å². The van der Waals surface area contributed by atoms with Crippen molar-refractivity contribution in [2.45, 2.75) is 57.8 Å². The first-order chi connectivity index (χ1) is 10.5. The molecule has 128 valence electrons. The van der Waals surface area contributed by atoms with E-state index in [2.05, 4.69) is 5.32 Å². The van der Waals surface area contributed by atoms with Crippen molar-refractivity contribution in [2.24, 2.45) is 5.41 Å². The van der Waals surface area contributed by atoms with Crippen molar-refractivity contribution >= 4 is 23.6 Å². The molecule has 0 unspecified atom stereocenters. The zero-order chi connectivity index (χ0) is 17.6. The van der Waals surface area contributed by atoms with Crippen molar-refractivity contribution in [3.63, 3.8) is 0 Å². The summed E-state index contributed by atoms with van der Waals surface area (Å²) < 4.78 is 13.9. The van der Waals surface area contributed by atoms with Gasteiger partial charge in [-0.15, -0.1) is 0 Å². The topological polar surface area (TPSA) is 104 Å². The Morgan fingerprint density at radius 3 is 2.35 bits per heavy atom. The van der Waals surface area contributed by atoms with Crippen LogP contribution < -0.4 is 5.32 Å². The van der Waals surface area contributed by atoms with Crippen LogP contribution in [0.1, 0.15) is 40.0 Å². The molecule has 0 spiro atoms. The maximum absolute atomic E-state index is 13.9. The molecule has 23 heavy (non-hydrogen) atoms. The standard InChI is InChI=1S/C15H21FN2O5/c1-14(2,3)10(17-13(23)15(16)4-5-15)11(20)18-7-8(19)6-9(18)12(21)22/h9-10H,4-7H2,1-3H3,(H,17,23)(H,21,22)/t9-,10+/m0/s1. The van der Waals surface area contributed by atoms with E-state index < -0.39 is 41.0 Å². The largest absolute Gasteiger partial charge is 0.480 e. The minimum absolute atomic E-state index is 0.115. The van der Waals surface area contributed by atoms with E-state index in [9.17, 15) is 23.6 Å². The summed E-state index contributed by atoms with van der Waals surface area (Å²) in [7, 11) is 0. The summed E-state index contributed by atoms with van der Waals surface area (Å²) in [4.78, 5) is 48.4. The van der Waals surface area contributed by atoms with Crippen LogP contribution in [0.2, 0.25) is 0 Å². The first kappa shape index (κ1) is 17.4. The normalized spacial score (nSPS) is 24.3. The Morgan fingerprint density at radius 1 is 1.35 bits per heavy atom. The van der Waals surface area contributed by atoms with Crippen molar-refractivity contribution < 1.29 is 28.7 Å². The van der Waals surface area contributed by atoms with Gasteiger partial charge in [-0.25, -0.2) is 9.18 Å². The third kappa shape index (κ3) is 3.51. The molecule has 2 fully saturated rings. The zero-order valence-electron chi connectivity index (χ0n) is 13.4. The maximum Gasteiger partial charge on any atom is 0.326 e. The molecule has 0 radical (unpaired) electrons. The quantitative estimate of drug-likeness (QED) is 0.771. The van der Waals surface area contributed by atoms with E-state index >= 15 is 0 Å². The number of hydrogen-bond acceptors (Lipinski definition) is 4. The molecule has 2 atom stereocenters. The Labute approximate surface area is 133 Å². The van der Waals surface area contributed by atoms with Gasteiger partial charge in [-0.3, -0.25) is 14.4 Å². The lowest BCUT2D eigenvalue weighted by Gasteiger charge is -2.34. The fraction of sp³-hybridized carbons (Fsp3) is 0.733. The molecule has 0 aromatic rings. The number of alkyl halides is 1. The molecule has 0 aromatic heterocycles. The number of halogens is 1. The van der Waals surface area contributed by atoms with E-state index in [0.29, 0.717) is 0 Å². The van der Waals surface area contributed by atoms with Gasteiger partial charge in [-0.05, 0) is 18.3 Å². The third-order valence-corrected chi connectivity index (χ3v) is 4.20. The summed E-state index contributed by atoms with van der Waals surface area (Å²) in [5.74, 6) is -3.15. The van der Waals surface area contributed by atoms with E-state index in [1.807, 2.05) is 0 Å². The van der Waals surface area contributed by atoms with Gasteiger partial charge in [0.15, 0.2) is 11.5 Å². The minimum Gasteiger partial charge on any atom is -0.480 e. The lowest BCUT2D eigenvalue weighted by Crippen LogP contribution is -2.58. The molecule has 2 N–H and O–H groups in total. The van der Waals surface area contributed by atoms with E-state index in [-0.39, 0.29) is 31.6 Å². The smallest absolute Gasteiger partial charge is 0.326 e. The van der Waals surface area contributed by atoms with Gasteiger partial charge in [0, 0.05) is 6.42 Å². The summed E-state index contributed by atoms with van der Waals surface area (Å²) in [5, 5.41) is 11.6. The fourth-order valence-corrected chi connectivity index (χ4v) is 2.55. The number of ketones is 1. The van der Waals surface area contributed by atoms with Gasteiger partial charge < -0.3 is 15.3 Å². The van der Waals surface area contributed by atoms with E-state index in [1.165, 1.54) is 0 Å². The van der Waals surface area contributed by atoms with Crippen LogP contribution in [-0.2, 0) is 19.2 Å². The summed E-state index contributed by atoms with van der Waals surface area (Å²) in [6.45, 7) is 4.74. The Balaban J connectivity index is 2.21. The molecular weight excluding hydrogens is 307 g/mol. The monoisotopic (exact) mass is 328 g/mol. The highest BCUT2D eigenvalue weighted by molar-refractivity contribution is 6.00. The number of nitrogens with one attached hydrogen (secondary N) is 1. The molecule has 1 aliphatic carbocycles. The van der Waals surface area contributed by atoms with Crippen molar-refractivity contribution in [2.75, 3.05) is 6.54 Å². The van der Waals surface area contributed by atoms with Gasteiger partial charge in [0.25, 0.3) is 5.91 Å². The molecule has 0 bridgehead atoms. The van der Waals surface area contributed by atoms with Crippen LogP contribution in [0.25, 0.3) is 0 Å². The van der Waals surface area contributed by atoms with Crippen LogP contribution in [0, 0.1) is 5.41 Å². The third-order valence-electron chi connectivity index (χ3n) is 4.20. The van der Waals surface area contributed by atoms with Gasteiger partial charge in [-0.1, -0.05) is 20.8 Å². The fourth-order valence-electron chi connectivity index (χ4n) is 2.55. The number of hydrogen-bond donors (Lipinski definition) is 2. The number of nitrogens with zero attached hydrogens (tertiary/aromatic N) is 1. The lowest BCUT2D eigenvalue weighted by atomic mass is 9.85. The molecular formula is C15H21FN2O5. The van der Waals surface area contributed by atoms with Crippen LogP contribution >= 0.6 is 0 Å². The van der Waals surface area contributed by atoms with Crippen LogP contribution in [0.15, 0.2) is 0 Å². The SMILES string of the molecule is CC(C)(C)[C@H](NC(=O)C1(F)CC1)C(=O)N1CC(=O)C[C@H]1C(=O)O. The summed E-state index contributed by atoms with van der Waals surface area (Å²) >= 11 is 0. The summed E-state index contributed by atoms with van der Waals surface area (Å²) in [6, 6.07) is -2.34. The first-order valence-electron chi connectivity index (χ1n) is 7.50. The molecule has 1 saturated carbocycles. The Bertz CT molecular complexity index is 565. The minimum atomic E-state index is -1.93. The Hall–Kier alpha value is -1.99. The zero-order valence-corrected chi connectivity index (χ0v) is 13.4. The number of carbonyl (C=O) groups is 4. The molecule has 0 aromatic carbocycles. The number of aliphatic carboxylic acids is 1. The Kier molecular flexibility index (Phi) is 4.21. The number of carboxylic acids is 1. The number of likely N-dealkylation sites (tertiary alicyclic amines) is 1.